The molecule has 0 saturated carbocycles. The van der Waals surface area contributed by atoms with Gasteiger partial charge in [-0.3, -0.25) is 4.79 Å². The number of carbonyl (C=O) groups is 2. The van der Waals surface area contributed by atoms with Crippen molar-refractivity contribution in [3.05, 3.63) is 71.3 Å². The molecular weight excluding hydrogens is 314 g/mol. The summed E-state index contributed by atoms with van der Waals surface area (Å²) < 4.78 is 5.30. The van der Waals surface area contributed by atoms with Crippen molar-refractivity contribution in [1.29, 1.82) is 0 Å². The molecule has 0 heterocycles. The Bertz CT molecular complexity index is 698. The van der Waals surface area contributed by atoms with Crippen LogP contribution in [0.4, 0.5) is 0 Å². The van der Waals surface area contributed by atoms with Crippen LogP contribution in [-0.4, -0.2) is 28.9 Å². The van der Waals surface area contributed by atoms with Crippen LogP contribution in [0.3, 0.4) is 0 Å². The fourth-order valence-electron chi connectivity index (χ4n) is 2.77. The molecule has 0 aliphatic heterocycles. The molecule has 2 aromatic carbocycles. The largest absolute Gasteiger partial charge is 0.457 e. The molecule has 0 N–H and O–H groups in total. The van der Waals surface area contributed by atoms with Crippen LogP contribution in [0.2, 0.25) is 0 Å². The van der Waals surface area contributed by atoms with Gasteiger partial charge in [-0.15, -0.1) is 0 Å². The van der Waals surface area contributed by atoms with Crippen LogP contribution < -0.4 is 0 Å². The molecule has 0 radical (unpaired) electrons. The summed E-state index contributed by atoms with van der Waals surface area (Å²) in [5.74, 6) is -0.429. The smallest absolute Gasteiger partial charge is 0.338 e. The number of hydrogen-bond donors (Lipinski definition) is 0. The molecule has 0 bridgehead atoms. The minimum atomic E-state index is -0.396. The first-order valence-corrected chi connectivity index (χ1v) is 8.54. The molecule has 0 aliphatic carbocycles. The van der Waals surface area contributed by atoms with Crippen molar-refractivity contribution in [2.45, 2.75) is 46.4 Å². The molecular formula is C21H25NO3. The Balaban J connectivity index is 2.03. The van der Waals surface area contributed by atoms with E-state index in [9.17, 15) is 9.59 Å². The Hall–Kier alpha value is -2.62. The van der Waals surface area contributed by atoms with Crippen LogP contribution in [0.1, 0.15) is 54.0 Å². The second-order valence-corrected chi connectivity index (χ2v) is 6.54. The Labute approximate surface area is 149 Å². The average molecular weight is 339 g/mol. The van der Waals surface area contributed by atoms with Gasteiger partial charge in [0.05, 0.1) is 5.56 Å². The van der Waals surface area contributed by atoms with E-state index in [4.69, 9.17) is 4.74 Å². The highest BCUT2D eigenvalue weighted by Gasteiger charge is 2.21. The predicted molar refractivity (Wildman–Crippen MR) is 98.4 cm³/mol. The van der Waals surface area contributed by atoms with Gasteiger partial charge in [0.15, 0.2) is 0 Å². The van der Waals surface area contributed by atoms with E-state index in [1.165, 1.54) is 0 Å². The highest BCUT2D eigenvalue weighted by Crippen LogP contribution is 2.14. The van der Waals surface area contributed by atoms with Crippen LogP contribution in [0.15, 0.2) is 54.6 Å². The summed E-state index contributed by atoms with van der Waals surface area (Å²) in [4.78, 5) is 26.6. The van der Waals surface area contributed by atoms with Crippen molar-refractivity contribution in [1.82, 2.24) is 4.90 Å². The average Bonchev–Trinajstić information content (AvgIpc) is 2.60. The predicted octanol–water partition coefficient (Wildman–Crippen LogP) is 4.30. The van der Waals surface area contributed by atoms with Crippen molar-refractivity contribution in [3.8, 4) is 0 Å². The lowest BCUT2D eigenvalue weighted by Gasteiger charge is -2.30. The van der Waals surface area contributed by atoms with E-state index in [2.05, 4.69) is 0 Å². The molecule has 2 rings (SSSR count). The molecule has 0 aromatic heterocycles. The third-order valence-electron chi connectivity index (χ3n) is 3.93. The van der Waals surface area contributed by atoms with Gasteiger partial charge in [-0.05, 0) is 57.5 Å². The highest BCUT2D eigenvalue weighted by molar-refractivity contribution is 5.96. The lowest BCUT2D eigenvalue weighted by molar-refractivity contribution is 0.0471. The normalized spacial score (nSPS) is 10.8. The maximum Gasteiger partial charge on any atom is 0.338 e. The van der Waals surface area contributed by atoms with Gasteiger partial charge in [0.1, 0.15) is 6.61 Å². The summed E-state index contributed by atoms with van der Waals surface area (Å²) in [6.07, 6.45) is 0. The second kappa shape index (κ2) is 8.47. The summed E-state index contributed by atoms with van der Waals surface area (Å²) in [6, 6.07) is 16.4. The summed E-state index contributed by atoms with van der Waals surface area (Å²) in [5, 5.41) is 0. The van der Waals surface area contributed by atoms with E-state index in [1.54, 1.807) is 24.3 Å². The van der Waals surface area contributed by atoms with Crippen molar-refractivity contribution in [3.63, 3.8) is 0 Å². The lowest BCUT2D eigenvalue weighted by Crippen LogP contribution is -2.42. The van der Waals surface area contributed by atoms with Crippen LogP contribution >= 0.6 is 0 Å². The van der Waals surface area contributed by atoms with Crippen LogP contribution in [0.5, 0.6) is 0 Å². The van der Waals surface area contributed by atoms with Gasteiger partial charge in [-0.25, -0.2) is 4.79 Å². The molecule has 2 aromatic rings. The molecule has 0 aliphatic rings. The van der Waals surface area contributed by atoms with Crippen molar-refractivity contribution >= 4 is 11.9 Å². The molecule has 0 saturated heterocycles. The zero-order chi connectivity index (χ0) is 18.4. The second-order valence-electron chi connectivity index (χ2n) is 6.54. The van der Waals surface area contributed by atoms with Crippen LogP contribution in [0.25, 0.3) is 0 Å². The SMILES string of the molecule is CC(C)N(C(=O)c1ccc(C(=O)OCc2ccccc2)cc1)C(C)C. The number of rotatable bonds is 6. The zero-order valence-corrected chi connectivity index (χ0v) is 15.2. The Morgan fingerprint density at radius 2 is 1.36 bits per heavy atom. The minimum Gasteiger partial charge on any atom is -0.457 e. The molecule has 4 heteroatoms. The maximum atomic E-state index is 12.6. The fourth-order valence-corrected chi connectivity index (χ4v) is 2.77. The first-order valence-electron chi connectivity index (χ1n) is 8.54. The fraction of sp³-hybridized carbons (Fsp3) is 0.333. The van der Waals surface area contributed by atoms with Crippen molar-refractivity contribution in [2.24, 2.45) is 0 Å². The van der Waals surface area contributed by atoms with E-state index in [1.807, 2.05) is 62.9 Å². The quantitative estimate of drug-likeness (QED) is 0.737. The van der Waals surface area contributed by atoms with Gasteiger partial charge >= 0.3 is 5.97 Å². The highest BCUT2D eigenvalue weighted by atomic mass is 16.5. The molecule has 0 fully saturated rings. The number of carbonyl (C=O) groups excluding carboxylic acids is 2. The molecule has 25 heavy (non-hydrogen) atoms. The van der Waals surface area contributed by atoms with E-state index < -0.39 is 5.97 Å². The Morgan fingerprint density at radius 3 is 1.88 bits per heavy atom. The van der Waals surface area contributed by atoms with E-state index in [0.29, 0.717) is 11.1 Å². The van der Waals surface area contributed by atoms with E-state index >= 15 is 0 Å². The lowest BCUT2D eigenvalue weighted by atomic mass is 10.1. The first-order chi connectivity index (χ1) is 11.9. The standard InChI is InChI=1S/C21H25NO3/c1-15(2)22(16(3)4)20(23)18-10-12-19(13-11-18)21(24)25-14-17-8-6-5-7-9-17/h5-13,15-16H,14H2,1-4H3. The monoisotopic (exact) mass is 339 g/mol. The summed E-state index contributed by atoms with van der Waals surface area (Å²) in [7, 11) is 0. The Morgan fingerprint density at radius 1 is 0.840 bits per heavy atom. The van der Waals surface area contributed by atoms with Crippen molar-refractivity contribution < 1.29 is 14.3 Å². The molecule has 0 atom stereocenters. The number of ether oxygens (including phenoxy) is 1. The Kier molecular flexibility index (Phi) is 6.34. The van der Waals surface area contributed by atoms with Gasteiger partial charge in [0.25, 0.3) is 5.91 Å². The molecule has 4 nitrogen and oxygen atoms in total. The molecule has 0 spiro atoms. The van der Waals surface area contributed by atoms with Gasteiger partial charge in [0.2, 0.25) is 0 Å². The van der Waals surface area contributed by atoms with Gasteiger partial charge in [-0.1, -0.05) is 30.3 Å². The molecule has 0 unspecified atom stereocenters. The van der Waals surface area contributed by atoms with E-state index in [0.717, 1.165) is 5.56 Å². The number of hydrogen-bond acceptors (Lipinski definition) is 3. The van der Waals surface area contributed by atoms with Crippen LogP contribution in [-0.2, 0) is 11.3 Å². The molecule has 1 amide bonds. The third-order valence-corrected chi connectivity index (χ3v) is 3.93. The van der Waals surface area contributed by atoms with Crippen molar-refractivity contribution in [2.75, 3.05) is 0 Å². The summed E-state index contributed by atoms with van der Waals surface area (Å²) >= 11 is 0. The number of esters is 1. The molecule has 132 valence electrons. The van der Waals surface area contributed by atoms with Gasteiger partial charge in [-0.2, -0.15) is 0 Å². The van der Waals surface area contributed by atoms with Gasteiger partial charge in [0, 0.05) is 17.6 Å². The number of nitrogens with zero attached hydrogens (tertiary/aromatic N) is 1. The maximum absolute atomic E-state index is 12.6. The first kappa shape index (κ1) is 18.7. The van der Waals surface area contributed by atoms with Crippen LogP contribution in [0, 0.1) is 0 Å². The van der Waals surface area contributed by atoms with Gasteiger partial charge < -0.3 is 9.64 Å². The minimum absolute atomic E-state index is 0.0331. The number of benzene rings is 2. The summed E-state index contributed by atoms with van der Waals surface area (Å²) in [5.41, 5.74) is 1.95. The zero-order valence-electron chi connectivity index (χ0n) is 15.2. The third kappa shape index (κ3) is 4.92. The summed E-state index contributed by atoms with van der Waals surface area (Å²) in [6.45, 7) is 8.20. The number of amides is 1. The van der Waals surface area contributed by atoms with E-state index in [-0.39, 0.29) is 24.6 Å². The topological polar surface area (TPSA) is 46.6 Å².